The maximum atomic E-state index is 12.2. The van der Waals surface area contributed by atoms with Gasteiger partial charge in [-0.1, -0.05) is 39.8 Å². The first-order valence-corrected chi connectivity index (χ1v) is 6.69. The number of carbonyl (C=O) groups is 1. The van der Waals surface area contributed by atoms with Crippen LogP contribution in [0.5, 0.6) is 0 Å². The van der Waals surface area contributed by atoms with E-state index in [4.69, 9.17) is 15.7 Å². The lowest BCUT2D eigenvalue weighted by atomic mass is 10.1. The van der Waals surface area contributed by atoms with E-state index in [1.165, 1.54) is 0 Å². The first kappa shape index (κ1) is 20.2. The summed E-state index contributed by atoms with van der Waals surface area (Å²) in [6.45, 7) is 7.39. The normalized spacial score (nSPS) is 9.80. The number of hydrogen-bond donors (Lipinski definition) is 1. The summed E-state index contributed by atoms with van der Waals surface area (Å²) < 4.78 is 17.0. The molecule has 0 bridgehead atoms. The number of amides is 1. The third-order valence-electron chi connectivity index (χ3n) is 2.04. The van der Waals surface area contributed by atoms with Crippen molar-refractivity contribution in [3.63, 3.8) is 0 Å². The zero-order chi connectivity index (χ0) is 16.0. The van der Waals surface area contributed by atoms with Crippen molar-refractivity contribution in [1.29, 1.82) is 5.26 Å². The summed E-state index contributed by atoms with van der Waals surface area (Å²) >= 11 is 0. The maximum Gasteiger partial charge on any atom is 0.405 e. The molecule has 0 aromatic heterocycles. The van der Waals surface area contributed by atoms with Crippen LogP contribution in [0, 0.1) is 11.3 Å². The number of ether oxygens (including phenoxy) is 1. The largest absolute Gasteiger partial charge is 0.441 e. The van der Waals surface area contributed by atoms with Gasteiger partial charge in [-0.05, 0) is 17.7 Å². The van der Waals surface area contributed by atoms with E-state index in [1.807, 2.05) is 33.8 Å². The van der Waals surface area contributed by atoms with Crippen LogP contribution in [0.1, 0.15) is 51.3 Å². The van der Waals surface area contributed by atoms with E-state index in [0.29, 0.717) is 11.1 Å². The minimum Gasteiger partial charge on any atom is -0.441 e. The Kier molecular flexibility index (Phi) is 13.5. The van der Waals surface area contributed by atoms with Crippen molar-refractivity contribution in [3.8, 4) is 6.07 Å². The number of primary amides is 1. The van der Waals surface area contributed by atoms with Crippen molar-refractivity contribution in [1.82, 2.24) is 0 Å². The first-order chi connectivity index (χ1) is 9.67. The molecule has 2 N–H and O–H groups in total. The van der Waals surface area contributed by atoms with Gasteiger partial charge in [0.2, 0.25) is 0 Å². The van der Waals surface area contributed by atoms with Gasteiger partial charge in [0.15, 0.2) is 0 Å². The second kappa shape index (κ2) is 13.3. The number of rotatable bonds is 4. The third-order valence-corrected chi connectivity index (χ3v) is 2.04. The molecule has 0 saturated carbocycles. The Hall–Kier alpha value is -2.09. The number of nitrogens with two attached hydrogens (primary N) is 1. The standard InChI is InChI=1S/C11H11FN2O2.2C2H6/c12-6-5-10(16-11(14)15)9-3-1-8(7-13)2-4-9;2*1-2/h1-4,10H,5-6H2,(H2,14,15);2*1-2H3. The molecular formula is C15H23FN2O2. The molecule has 0 heterocycles. The fourth-order valence-corrected chi connectivity index (χ4v) is 1.31. The van der Waals surface area contributed by atoms with Crippen molar-refractivity contribution in [2.24, 2.45) is 5.73 Å². The van der Waals surface area contributed by atoms with Gasteiger partial charge in [-0.2, -0.15) is 5.26 Å². The molecule has 1 unspecified atom stereocenters. The van der Waals surface area contributed by atoms with Crippen molar-refractivity contribution in [2.45, 2.75) is 40.2 Å². The molecule has 0 spiro atoms. The highest BCUT2D eigenvalue weighted by Crippen LogP contribution is 2.21. The molecule has 0 aliphatic carbocycles. The molecule has 0 radical (unpaired) electrons. The molecule has 1 aromatic rings. The smallest absolute Gasteiger partial charge is 0.405 e. The van der Waals surface area contributed by atoms with Gasteiger partial charge in [-0.3, -0.25) is 4.39 Å². The lowest BCUT2D eigenvalue weighted by Crippen LogP contribution is -2.17. The molecule has 20 heavy (non-hydrogen) atoms. The first-order valence-electron chi connectivity index (χ1n) is 6.69. The Morgan fingerprint density at radius 1 is 1.30 bits per heavy atom. The minimum absolute atomic E-state index is 0.0504. The molecule has 1 amide bonds. The van der Waals surface area contributed by atoms with E-state index in [1.54, 1.807) is 24.3 Å². The lowest BCUT2D eigenvalue weighted by Gasteiger charge is -2.15. The Bertz CT molecular complexity index is 399. The quantitative estimate of drug-likeness (QED) is 0.902. The molecule has 112 valence electrons. The summed E-state index contributed by atoms with van der Waals surface area (Å²) in [5.41, 5.74) is 5.99. The zero-order valence-corrected chi connectivity index (χ0v) is 12.5. The topological polar surface area (TPSA) is 76.1 Å². The van der Waals surface area contributed by atoms with E-state index < -0.39 is 18.9 Å². The van der Waals surface area contributed by atoms with Crippen molar-refractivity contribution < 1.29 is 13.9 Å². The maximum absolute atomic E-state index is 12.2. The van der Waals surface area contributed by atoms with Gasteiger partial charge in [0, 0.05) is 6.42 Å². The molecule has 0 fully saturated rings. The van der Waals surface area contributed by atoms with Crippen molar-refractivity contribution >= 4 is 6.09 Å². The molecule has 5 heteroatoms. The average molecular weight is 282 g/mol. The van der Waals surface area contributed by atoms with E-state index in [9.17, 15) is 9.18 Å². The fourth-order valence-electron chi connectivity index (χ4n) is 1.31. The van der Waals surface area contributed by atoms with Gasteiger partial charge < -0.3 is 10.5 Å². The van der Waals surface area contributed by atoms with Crippen LogP contribution < -0.4 is 5.73 Å². The molecule has 0 saturated heterocycles. The Labute approximate surface area is 120 Å². The fraction of sp³-hybridized carbons (Fsp3) is 0.467. The van der Waals surface area contributed by atoms with Gasteiger partial charge in [0.25, 0.3) is 0 Å². The van der Waals surface area contributed by atoms with Crippen LogP contribution >= 0.6 is 0 Å². The summed E-state index contributed by atoms with van der Waals surface area (Å²) in [5.74, 6) is 0. The predicted octanol–water partition coefficient (Wildman–Crippen LogP) is 4.11. The Morgan fingerprint density at radius 3 is 2.15 bits per heavy atom. The summed E-state index contributed by atoms with van der Waals surface area (Å²) in [7, 11) is 0. The molecular weight excluding hydrogens is 259 g/mol. The van der Waals surface area contributed by atoms with Crippen LogP contribution in [0.3, 0.4) is 0 Å². The van der Waals surface area contributed by atoms with Crippen LogP contribution in [0.15, 0.2) is 24.3 Å². The second-order valence-electron chi connectivity index (χ2n) is 3.14. The molecule has 4 nitrogen and oxygen atoms in total. The van der Waals surface area contributed by atoms with Gasteiger partial charge >= 0.3 is 6.09 Å². The highest BCUT2D eigenvalue weighted by atomic mass is 19.1. The SMILES string of the molecule is CC.CC.N#Cc1ccc(C(CCF)OC(N)=O)cc1. The zero-order valence-electron chi connectivity index (χ0n) is 12.5. The van der Waals surface area contributed by atoms with Crippen LogP contribution in [0.25, 0.3) is 0 Å². The molecule has 1 aromatic carbocycles. The van der Waals surface area contributed by atoms with Crippen molar-refractivity contribution in [3.05, 3.63) is 35.4 Å². The number of hydrogen-bond acceptors (Lipinski definition) is 3. The monoisotopic (exact) mass is 282 g/mol. The van der Waals surface area contributed by atoms with Crippen LogP contribution in [-0.2, 0) is 4.74 Å². The van der Waals surface area contributed by atoms with Gasteiger partial charge in [0.05, 0.1) is 18.3 Å². The third kappa shape index (κ3) is 8.09. The highest BCUT2D eigenvalue weighted by molar-refractivity contribution is 5.65. The van der Waals surface area contributed by atoms with E-state index in [-0.39, 0.29) is 6.42 Å². The second-order valence-corrected chi connectivity index (χ2v) is 3.14. The van der Waals surface area contributed by atoms with Gasteiger partial charge in [-0.25, -0.2) is 4.79 Å². The molecule has 0 aliphatic heterocycles. The molecule has 1 atom stereocenters. The number of halogens is 1. The lowest BCUT2D eigenvalue weighted by molar-refractivity contribution is 0.0965. The van der Waals surface area contributed by atoms with E-state index in [0.717, 1.165) is 0 Å². The van der Waals surface area contributed by atoms with Crippen LogP contribution in [0.4, 0.5) is 9.18 Å². The summed E-state index contributed by atoms with van der Waals surface area (Å²) in [4.78, 5) is 10.6. The Morgan fingerprint density at radius 2 is 1.80 bits per heavy atom. The van der Waals surface area contributed by atoms with E-state index in [2.05, 4.69) is 0 Å². The number of nitriles is 1. The van der Waals surface area contributed by atoms with Gasteiger partial charge in [-0.15, -0.1) is 0 Å². The minimum atomic E-state index is -0.942. The van der Waals surface area contributed by atoms with E-state index >= 15 is 0 Å². The van der Waals surface area contributed by atoms with Crippen LogP contribution in [-0.4, -0.2) is 12.8 Å². The predicted molar refractivity (Wildman–Crippen MR) is 77.9 cm³/mol. The summed E-state index contributed by atoms with van der Waals surface area (Å²) in [6.07, 6.45) is -1.59. The molecule has 0 aliphatic rings. The average Bonchev–Trinajstić information content (AvgIpc) is 2.50. The van der Waals surface area contributed by atoms with Gasteiger partial charge in [0.1, 0.15) is 6.10 Å². The van der Waals surface area contributed by atoms with Crippen molar-refractivity contribution in [2.75, 3.05) is 6.67 Å². The summed E-state index contributed by atoms with van der Waals surface area (Å²) in [6, 6.07) is 8.33. The number of benzene rings is 1. The number of nitrogens with zero attached hydrogens (tertiary/aromatic N) is 1. The number of alkyl halides is 1. The van der Waals surface area contributed by atoms with Crippen LogP contribution in [0.2, 0.25) is 0 Å². The Balaban J connectivity index is 0. The highest BCUT2D eigenvalue weighted by Gasteiger charge is 2.14. The molecule has 1 rings (SSSR count). The summed E-state index contributed by atoms with van der Waals surface area (Å²) in [5, 5.41) is 8.60. The number of carbonyl (C=O) groups excluding carboxylic acids is 1.